The van der Waals surface area contributed by atoms with Crippen molar-refractivity contribution in [3.63, 3.8) is 0 Å². The maximum Gasteiger partial charge on any atom is 0.508 e. The van der Waals surface area contributed by atoms with Gasteiger partial charge in [-0.3, -0.25) is 0 Å². The maximum atomic E-state index is 11.7. The van der Waals surface area contributed by atoms with E-state index in [1.54, 1.807) is 0 Å². The fourth-order valence-electron chi connectivity index (χ4n) is 1.62. The van der Waals surface area contributed by atoms with Gasteiger partial charge in [0.2, 0.25) is 0 Å². The highest BCUT2D eigenvalue weighted by Crippen LogP contribution is 2.24. The van der Waals surface area contributed by atoms with Gasteiger partial charge in [-0.1, -0.05) is 30.3 Å². The third-order valence-electron chi connectivity index (χ3n) is 2.81. The Morgan fingerprint density at radius 2 is 1.95 bits per heavy atom. The van der Waals surface area contributed by atoms with E-state index in [0.29, 0.717) is 5.75 Å². The molecule has 2 rings (SSSR count). The molecule has 0 bridgehead atoms. The number of cyclic esters (lactones) is 2. The second-order valence-electron chi connectivity index (χ2n) is 4.95. The zero-order valence-electron chi connectivity index (χ0n) is 11.2. The van der Waals surface area contributed by atoms with Crippen LogP contribution in [0, 0.1) is 5.41 Å². The summed E-state index contributed by atoms with van der Waals surface area (Å²) in [5.41, 5.74) is 0.590. The van der Waals surface area contributed by atoms with Crippen LogP contribution in [0.15, 0.2) is 30.3 Å². The zero-order chi connectivity index (χ0) is 14.4. The normalized spacial score (nSPS) is 16.9. The topological polar surface area (TPSA) is 61.8 Å². The van der Waals surface area contributed by atoms with Gasteiger partial charge in [-0.15, -0.1) is 0 Å². The monoisotopic (exact) mass is 296 g/mol. The molecule has 1 aromatic carbocycles. The van der Waals surface area contributed by atoms with Crippen molar-refractivity contribution < 1.29 is 23.8 Å². The van der Waals surface area contributed by atoms with Gasteiger partial charge in [0.15, 0.2) is 0 Å². The van der Waals surface area contributed by atoms with Crippen LogP contribution in [0.3, 0.4) is 0 Å². The number of hydrogen-bond donors (Lipinski definition) is 0. The van der Waals surface area contributed by atoms with E-state index < -0.39 is 11.6 Å². The van der Waals surface area contributed by atoms with Crippen molar-refractivity contribution in [1.82, 2.24) is 0 Å². The minimum Gasteiger partial charge on any atom is -0.457 e. The van der Waals surface area contributed by atoms with Gasteiger partial charge in [-0.05, 0) is 24.2 Å². The molecule has 0 unspecified atom stereocenters. The van der Waals surface area contributed by atoms with Crippen molar-refractivity contribution in [1.29, 1.82) is 0 Å². The molecular formula is C14H16O5S. The van der Waals surface area contributed by atoms with Gasteiger partial charge >= 0.3 is 11.5 Å². The van der Waals surface area contributed by atoms with Crippen molar-refractivity contribution in [2.75, 3.05) is 19.8 Å². The van der Waals surface area contributed by atoms with Gasteiger partial charge in [0.05, 0.1) is 5.41 Å². The second-order valence-corrected chi connectivity index (χ2v) is 5.86. The van der Waals surface area contributed by atoms with Crippen molar-refractivity contribution in [2.45, 2.75) is 12.7 Å². The highest BCUT2D eigenvalue weighted by molar-refractivity contribution is 8.12. The molecule has 0 spiro atoms. The second kappa shape index (κ2) is 6.65. The first-order valence-corrected chi connectivity index (χ1v) is 7.19. The van der Waals surface area contributed by atoms with Crippen LogP contribution in [0.5, 0.6) is 0 Å². The van der Waals surface area contributed by atoms with E-state index in [0.717, 1.165) is 17.3 Å². The molecule has 1 aromatic rings. The summed E-state index contributed by atoms with van der Waals surface area (Å²) in [7, 11) is 0. The molecule has 0 N–H and O–H groups in total. The quantitative estimate of drug-likeness (QED) is 0.795. The zero-order valence-corrected chi connectivity index (χ0v) is 12.0. The van der Waals surface area contributed by atoms with Gasteiger partial charge in [0.1, 0.15) is 19.8 Å². The fourth-order valence-corrected chi connectivity index (χ4v) is 2.24. The molecule has 1 aliphatic heterocycles. The van der Waals surface area contributed by atoms with Gasteiger partial charge in [-0.2, -0.15) is 0 Å². The molecule has 1 saturated heterocycles. The van der Waals surface area contributed by atoms with Gasteiger partial charge in [0.25, 0.3) is 0 Å². The van der Waals surface area contributed by atoms with Gasteiger partial charge < -0.3 is 14.2 Å². The third-order valence-corrected chi connectivity index (χ3v) is 3.65. The molecule has 5 nitrogen and oxygen atoms in total. The Balaban J connectivity index is 1.71. The number of benzene rings is 1. The molecule has 1 fully saturated rings. The number of thioether (sulfide) groups is 1. The van der Waals surface area contributed by atoms with Crippen LogP contribution in [-0.2, 0) is 20.0 Å². The Kier molecular flexibility index (Phi) is 4.89. The highest BCUT2D eigenvalue weighted by Gasteiger charge is 2.34. The molecule has 0 aliphatic carbocycles. The summed E-state index contributed by atoms with van der Waals surface area (Å²) in [5.74, 6) is 0.571. The molecular weight excluding hydrogens is 280 g/mol. The lowest BCUT2D eigenvalue weighted by Gasteiger charge is -2.31. The smallest absolute Gasteiger partial charge is 0.457 e. The van der Waals surface area contributed by atoms with Crippen LogP contribution in [-0.4, -0.2) is 31.3 Å². The van der Waals surface area contributed by atoms with Crippen molar-refractivity contribution >= 4 is 23.2 Å². The Hall–Kier alpha value is -1.69. The van der Waals surface area contributed by atoms with Crippen molar-refractivity contribution in [3.05, 3.63) is 35.9 Å². The van der Waals surface area contributed by atoms with Gasteiger partial charge in [0, 0.05) is 5.75 Å². The first kappa shape index (κ1) is 14.7. The number of rotatable bonds is 4. The molecule has 1 aliphatic rings. The SMILES string of the molecule is CC1(COC(=O)SCc2ccccc2)COC(=O)OC1. The van der Waals surface area contributed by atoms with E-state index in [1.165, 1.54) is 0 Å². The first-order chi connectivity index (χ1) is 9.57. The maximum absolute atomic E-state index is 11.7. The lowest BCUT2D eigenvalue weighted by Crippen LogP contribution is -2.40. The van der Waals surface area contributed by atoms with E-state index in [2.05, 4.69) is 0 Å². The minimum absolute atomic E-state index is 0.168. The summed E-state index contributed by atoms with van der Waals surface area (Å²) >= 11 is 1.11. The Labute approximate surface area is 121 Å². The van der Waals surface area contributed by atoms with Crippen LogP contribution in [0.2, 0.25) is 0 Å². The summed E-state index contributed by atoms with van der Waals surface area (Å²) in [6.45, 7) is 2.40. The van der Waals surface area contributed by atoms with E-state index in [4.69, 9.17) is 14.2 Å². The molecule has 0 radical (unpaired) electrons. The Morgan fingerprint density at radius 3 is 2.60 bits per heavy atom. The Morgan fingerprint density at radius 1 is 1.30 bits per heavy atom. The molecule has 0 aromatic heterocycles. The van der Waals surface area contributed by atoms with Crippen molar-refractivity contribution in [2.24, 2.45) is 5.41 Å². The highest BCUT2D eigenvalue weighted by atomic mass is 32.2. The van der Waals surface area contributed by atoms with Crippen LogP contribution < -0.4 is 0 Å². The van der Waals surface area contributed by atoms with E-state index >= 15 is 0 Å². The first-order valence-electron chi connectivity index (χ1n) is 6.20. The average Bonchev–Trinajstić information content (AvgIpc) is 2.48. The fraction of sp³-hybridized carbons (Fsp3) is 0.429. The molecule has 6 heteroatoms. The minimum atomic E-state index is -0.674. The number of ether oxygens (including phenoxy) is 3. The Bertz CT molecular complexity index is 464. The van der Waals surface area contributed by atoms with Crippen LogP contribution in [0.25, 0.3) is 0 Å². The largest absolute Gasteiger partial charge is 0.508 e. The third kappa shape index (κ3) is 4.45. The summed E-state index contributed by atoms with van der Waals surface area (Å²) in [4.78, 5) is 22.4. The number of hydrogen-bond acceptors (Lipinski definition) is 6. The van der Waals surface area contributed by atoms with Crippen LogP contribution >= 0.6 is 11.8 Å². The van der Waals surface area contributed by atoms with Crippen LogP contribution in [0.1, 0.15) is 12.5 Å². The summed E-state index contributed by atoms with van der Waals surface area (Å²) in [5, 5.41) is -0.341. The summed E-state index contributed by atoms with van der Waals surface area (Å²) < 4.78 is 14.8. The van der Waals surface area contributed by atoms with Crippen LogP contribution in [0.4, 0.5) is 9.59 Å². The molecule has 20 heavy (non-hydrogen) atoms. The molecule has 0 saturated carbocycles. The van der Waals surface area contributed by atoms with E-state index in [9.17, 15) is 9.59 Å². The predicted octanol–water partition coefficient (Wildman–Crippen LogP) is 3.23. The van der Waals surface area contributed by atoms with E-state index in [1.807, 2.05) is 37.3 Å². The lowest BCUT2D eigenvalue weighted by atomic mass is 9.94. The number of carbonyl (C=O) groups is 2. The number of carbonyl (C=O) groups excluding carboxylic acids is 2. The molecule has 0 atom stereocenters. The van der Waals surface area contributed by atoms with E-state index in [-0.39, 0.29) is 25.1 Å². The predicted molar refractivity (Wildman–Crippen MR) is 74.5 cm³/mol. The van der Waals surface area contributed by atoms with Crippen molar-refractivity contribution in [3.8, 4) is 0 Å². The lowest BCUT2D eigenvalue weighted by molar-refractivity contribution is -0.0713. The molecule has 108 valence electrons. The standard InChI is InChI=1S/C14H16O5S/c1-14(8-17-12(15)18-9-14)10-19-13(16)20-7-11-5-3-2-4-6-11/h2-6H,7-10H2,1H3. The molecule has 1 heterocycles. The van der Waals surface area contributed by atoms with Gasteiger partial charge in [-0.25, -0.2) is 9.59 Å². The molecule has 0 amide bonds. The average molecular weight is 296 g/mol. The summed E-state index contributed by atoms with van der Waals surface area (Å²) in [6.07, 6.45) is -0.674. The summed E-state index contributed by atoms with van der Waals surface area (Å²) in [6, 6.07) is 9.69.